The predicted molar refractivity (Wildman–Crippen MR) is 127 cm³/mol. The number of benzene rings is 3. The smallest absolute Gasteiger partial charge is 0.462 e. The Morgan fingerprint density at radius 1 is 0.971 bits per heavy atom. The molecule has 180 valence electrons. The molecule has 0 radical (unpaired) electrons. The monoisotopic (exact) mass is 501 g/mol. The highest BCUT2D eigenvalue weighted by Gasteiger charge is 2.31. The minimum atomic E-state index is -4.74. The van der Waals surface area contributed by atoms with E-state index in [1.54, 1.807) is 49.4 Å². The molecule has 4 aromatic rings. The first kappa shape index (κ1) is 24.3. The van der Waals surface area contributed by atoms with Crippen LogP contribution in [0.1, 0.15) is 28.4 Å². The second-order valence-corrected chi connectivity index (χ2v) is 8.12. The van der Waals surface area contributed by atoms with Crippen LogP contribution in [0.25, 0.3) is 22.2 Å². The van der Waals surface area contributed by atoms with Crippen molar-refractivity contribution in [1.82, 2.24) is 4.98 Å². The first-order valence-corrected chi connectivity index (χ1v) is 11.0. The maximum atomic E-state index is 13.1. The van der Waals surface area contributed by atoms with Crippen molar-refractivity contribution in [3.63, 3.8) is 0 Å². The van der Waals surface area contributed by atoms with Crippen LogP contribution in [0.4, 0.5) is 13.2 Å². The zero-order chi connectivity index (χ0) is 25.2. The molecule has 1 aromatic heterocycles. The maximum absolute atomic E-state index is 13.1. The highest BCUT2D eigenvalue weighted by Crippen LogP contribution is 2.27. The number of nitrogens with one attached hydrogen (secondary N) is 1. The number of halogens is 4. The Kier molecular flexibility index (Phi) is 6.84. The van der Waals surface area contributed by atoms with Gasteiger partial charge in [0.2, 0.25) is 5.43 Å². The van der Waals surface area contributed by atoms with Gasteiger partial charge in [0.1, 0.15) is 11.3 Å². The van der Waals surface area contributed by atoms with Crippen LogP contribution in [0.5, 0.6) is 5.75 Å². The SMILES string of the molecule is CCOC(=O)c1c(-c2ccc(Cc3ccc(OC(F)(F)F)cc3)cc2)[nH]c2cc(Cl)ccc2c1=O. The standard InChI is InChI=1S/C26H19ClF3NO4/c1-2-34-25(33)22-23(31-21-14-18(27)9-12-20(21)24(22)32)17-7-3-15(4-8-17)13-16-5-10-19(11-6-16)35-26(28,29)30/h3-12,14H,2,13H2,1H3,(H,31,32). The number of H-pyrrole nitrogens is 1. The Morgan fingerprint density at radius 2 is 1.60 bits per heavy atom. The first-order chi connectivity index (χ1) is 16.6. The normalized spacial score (nSPS) is 11.5. The van der Waals surface area contributed by atoms with Crippen molar-refractivity contribution in [2.45, 2.75) is 19.7 Å². The molecule has 0 aliphatic heterocycles. The summed E-state index contributed by atoms with van der Waals surface area (Å²) in [6, 6.07) is 17.5. The van der Waals surface area contributed by atoms with Crippen LogP contribution in [-0.2, 0) is 11.2 Å². The van der Waals surface area contributed by atoms with Gasteiger partial charge in [0.05, 0.1) is 17.8 Å². The fraction of sp³-hybridized carbons (Fsp3) is 0.154. The summed E-state index contributed by atoms with van der Waals surface area (Å²) in [5.74, 6) is -1.02. The lowest BCUT2D eigenvalue weighted by molar-refractivity contribution is -0.274. The summed E-state index contributed by atoms with van der Waals surface area (Å²) in [4.78, 5) is 28.9. The number of rotatable bonds is 6. The molecule has 1 heterocycles. The number of carbonyl (C=O) groups is 1. The summed E-state index contributed by atoms with van der Waals surface area (Å²) >= 11 is 6.08. The largest absolute Gasteiger partial charge is 0.573 e. The Labute approximate surface area is 203 Å². The Hall–Kier alpha value is -3.78. The van der Waals surface area contributed by atoms with E-state index in [2.05, 4.69) is 9.72 Å². The summed E-state index contributed by atoms with van der Waals surface area (Å²) < 4.78 is 46.0. The van der Waals surface area contributed by atoms with Gasteiger partial charge in [-0.2, -0.15) is 0 Å². The zero-order valence-electron chi connectivity index (χ0n) is 18.4. The van der Waals surface area contributed by atoms with Crippen LogP contribution in [0, 0.1) is 0 Å². The molecule has 35 heavy (non-hydrogen) atoms. The van der Waals surface area contributed by atoms with Crippen molar-refractivity contribution in [2.75, 3.05) is 6.61 Å². The van der Waals surface area contributed by atoms with Crippen molar-refractivity contribution in [3.8, 4) is 17.0 Å². The topological polar surface area (TPSA) is 68.4 Å². The van der Waals surface area contributed by atoms with Crippen LogP contribution in [0.15, 0.2) is 71.5 Å². The van der Waals surface area contributed by atoms with Gasteiger partial charge in [-0.3, -0.25) is 4.79 Å². The number of fused-ring (bicyclic) bond motifs is 1. The fourth-order valence-electron chi connectivity index (χ4n) is 3.71. The van der Waals surface area contributed by atoms with E-state index in [9.17, 15) is 22.8 Å². The van der Waals surface area contributed by atoms with Crippen molar-refractivity contribution < 1.29 is 27.4 Å². The molecule has 0 atom stereocenters. The van der Waals surface area contributed by atoms with Gasteiger partial charge in [0.25, 0.3) is 0 Å². The second-order valence-electron chi connectivity index (χ2n) is 7.68. The predicted octanol–water partition coefficient (Wildman–Crippen LogP) is 6.51. The van der Waals surface area contributed by atoms with Crippen LogP contribution in [0.2, 0.25) is 5.02 Å². The lowest BCUT2D eigenvalue weighted by atomic mass is 9.99. The van der Waals surface area contributed by atoms with E-state index >= 15 is 0 Å². The number of hydrogen-bond acceptors (Lipinski definition) is 4. The van der Waals surface area contributed by atoms with Crippen molar-refractivity contribution in [1.29, 1.82) is 0 Å². The molecule has 0 amide bonds. The Bertz CT molecular complexity index is 1430. The molecule has 1 N–H and O–H groups in total. The van der Waals surface area contributed by atoms with Gasteiger partial charge in [-0.05, 0) is 60.4 Å². The van der Waals surface area contributed by atoms with Crippen molar-refractivity contribution in [3.05, 3.63) is 98.7 Å². The van der Waals surface area contributed by atoms with Gasteiger partial charge < -0.3 is 14.5 Å². The molecule has 5 nitrogen and oxygen atoms in total. The number of ether oxygens (including phenoxy) is 2. The highest BCUT2D eigenvalue weighted by atomic mass is 35.5. The number of pyridine rings is 1. The first-order valence-electron chi connectivity index (χ1n) is 10.6. The minimum Gasteiger partial charge on any atom is -0.462 e. The van der Waals surface area contributed by atoms with Gasteiger partial charge in [-0.15, -0.1) is 13.2 Å². The van der Waals surface area contributed by atoms with Crippen molar-refractivity contribution >= 4 is 28.5 Å². The molecule has 0 fully saturated rings. The summed E-state index contributed by atoms with van der Waals surface area (Å²) in [5, 5.41) is 0.751. The molecular weight excluding hydrogens is 483 g/mol. The Balaban J connectivity index is 1.66. The molecule has 0 saturated heterocycles. The minimum absolute atomic E-state index is 0.102. The molecule has 0 aliphatic rings. The quantitative estimate of drug-likeness (QED) is 0.306. The highest BCUT2D eigenvalue weighted by molar-refractivity contribution is 6.31. The summed E-state index contributed by atoms with van der Waals surface area (Å²) in [5.41, 5.74) is 2.48. The number of aromatic amines is 1. The van der Waals surface area contributed by atoms with E-state index in [1.807, 2.05) is 12.1 Å². The van der Waals surface area contributed by atoms with E-state index in [1.165, 1.54) is 12.1 Å². The number of esters is 1. The van der Waals surface area contributed by atoms with Crippen LogP contribution < -0.4 is 10.2 Å². The lowest BCUT2D eigenvalue weighted by Crippen LogP contribution is -2.20. The van der Waals surface area contributed by atoms with Gasteiger partial charge in [0, 0.05) is 10.4 Å². The average molecular weight is 502 g/mol. The molecule has 3 aromatic carbocycles. The third-order valence-electron chi connectivity index (χ3n) is 5.25. The van der Waals surface area contributed by atoms with Gasteiger partial charge in [0.15, 0.2) is 0 Å². The molecule has 0 bridgehead atoms. The molecule has 0 unspecified atom stereocenters. The summed E-state index contributed by atoms with van der Waals surface area (Å²) in [7, 11) is 0. The molecular formula is C26H19ClF3NO4. The van der Waals surface area contributed by atoms with E-state index < -0.39 is 17.8 Å². The van der Waals surface area contributed by atoms with Crippen molar-refractivity contribution in [2.24, 2.45) is 0 Å². The summed E-state index contributed by atoms with van der Waals surface area (Å²) in [6.07, 6.45) is -4.28. The molecule has 4 rings (SSSR count). The van der Waals surface area contributed by atoms with E-state index in [0.29, 0.717) is 33.6 Å². The maximum Gasteiger partial charge on any atom is 0.573 e. The van der Waals surface area contributed by atoms with E-state index in [0.717, 1.165) is 11.1 Å². The van der Waals surface area contributed by atoms with Gasteiger partial charge in [-0.25, -0.2) is 4.79 Å². The molecule has 0 spiro atoms. The number of aromatic nitrogens is 1. The van der Waals surface area contributed by atoms with Crippen LogP contribution >= 0.6 is 11.6 Å². The molecule has 0 aliphatic carbocycles. The van der Waals surface area contributed by atoms with E-state index in [4.69, 9.17) is 16.3 Å². The summed E-state index contributed by atoms with van der Waals surface area (Å²) in [6.45, 7) is 1.77. The number of carbonyl (C=O) groups excluding carboxylic acids is 1. The number of hydrogen-bond donors (Lipinski definition) is 1. The third-order valence-corrected chi connectivity index (χ3v) is 5.49. The lowest BCUT2D eigenvalue weighted by Gasteiger charge is -2.12. The average Bonchev–Trinajstić information content (AvgIpc) is 2.79. The second kappa shape index (κ2) is 9.84. The van der Waals surface area contributed by atoms with Gasteiger partial charge >= 0.3 is 12.3 Å². The Morgan fingerprint density at radius 3 is 2.20 bits per heavy atom. The zero-order valence-corrected chi connectivity index (χ0v) is 19.2. The molecule has 9 heteroatoms. The molecule has 0 saturated carbocycles. The van der Waals surface area contributed by atoms with Crippen LogP contribution in [0.3, 0.4) is 0 Å². The third kappa shape index (κ3) is 5.66. The van der Waals surface area contributed by atoms with Gasteiger partial charge in [-0.1, -0.05) is 48.0 Å². The number of alkyl halides is 3. The van der Waals surface area contributed by atoms with E-state index in [-0.39, 0.29) is 17.9 Å². The van der Waals surface area contributed by atoms with Crippen LogP contribution in [-0.4, -0.2) is 23.9 Å². The fourth-order valence-corrected chi connectivity index (χ4v) is 3.88.